The summed E-state index contributed by atoms with van der Waals surface area (Å²) in [5.74, 6) is 0.126. The molecule has 0 radical (unpaired) electrons. The highest BCUT2D eigenvalue weighted by Gasteiger charge is 2.33. The van der Waals surface area contributed by atoms with E-state index in [0.29, 0.717) is 67.2 Å². The molecular formula is C27H28N2O5. The molecule has 3 heterocycles. The smallest absolute Gasteiger partial charge is 0.257 e. The van der Waals surface area contributed by atoms with Gasteiger partial charge in [-0.25, -0.2) is 0 Å². The molecule has 176 valence electrons. The van der Waals surface area contributed by atoms with Gasteiger partial charge in [-0.05, 0) is 31.9 Å². The predicted octanol–water partition coefficient (Wildman–Crippen LogP) is 3.48. The van der Waals surface area contributed by atoms with Crippen molar-refractivity contribution in [1.82, 2.24) is 9.80 Å². The lowest BCUT2D eigenvalue weighted by Gasteiger charge is -2.36. The van der Waals surface area contributed by atoms with Crippen molar-refractivity contribution in [3.05, 3.63) is 69.9 Å². The molecule has 0 N–H and O–H groups in total. The number of amides is 2. The van der Waals surface area contributed by atoms with Gasteiger partial charge in [0.05, 0.1) is 30.1 Å². The Morgan fingerprint density at radius 3 is 2.47 bits per heavy atom. The van der Waals surface area contributed by atoms with Crippen LogP contribution in [0.15, 0.2) is 57.7 Å². The highest BCUT2D eigenvalue weighted by molar-refractivity contribution is 6.05. The standard InChI is InChI=1S/C27H28N2O5/c1-18-23(30)21-10-5-11-22(25(21)34-24(18)19-7-3-2-4-8-19)27(32)29-12-6-9-20(17-29)26(31)28-13-15-33-16-14-28/h2-5,7-8,10-11,20H,6,9,12-17H2,1H3. The van der Waals surface area contributed by atoms with Crippen molar-refractivity contribution in [3.63, 3.8) is 0 Å². The maximum absolute atomic E-state index is 13.6. The summed E-state index contributed by atoms with van der Waals surface area (Å²) < 4.78 is 11.6. The molecule has 7 heteroatoms. The van der Waals surface area contributed by atoms with E-state index in [2.05, 4.69) is 0 Å². The van der Waals surface area contributed by atoms with Gasteiger partial charge in [0.2, 0.25) is 5.91 Å². The molecule has 34 heavy (non-hydrogen) atoms. The van der Waals surface area contributed by atoms with Crippen molar-refractivity contribution >= 4 is 22.8 Å². The van der Waals surface area contributed by atoms with E-state index >= 15 is 0 Å². The predicted molar refractivity (Wildman–Crippen MR) is 129 cm³/mol. The van der Waals surface area contributed by atoms with Crippen molar-refractivity contribution in [2.24, 2.45) is 5.92 Å². The van der Waals surface area contributed by atoms with E-state index < -0.39 is 0 Å². The topological polar surface area (TPSA) is 80.1 Å². The molecule has 2 aliphatic rings. The lowest BCUT2D eigenvalue weighted by atomic mass is 9.95. The van der Waals surface area contributed by atoms with Crippen LogP contribution in [0.4, 0.5) is 0 Å². The van der Waals surface area contributed by atoms with Gasteiger partial charge in [-0.15, -0.1) is 0 Å². The van der Waals surface area contributed by atoms with Gasteiger partial charge in [-0.1, -0.05) is 36.4 Å². The number of carbonyl (C=O) groups excluding carboxylic acids is 2. The van der Waals surface area contributed by atoms with E-state index in [1.54, 1.807) is 30.0 Å². The van der Waals surface area contributed by atoms with Crippen LogP contribution in [0.2, 0.25) is 0 Å². The van der Waals surface area contributed by atoms with Crippen molar-refractivity contribution in [2.75, 3.05) is 39.4 Å². The Hall–Kier alpha value is -3.45. The van der Waals surface area contributed by atoms with Crippen LogP contribution in [0.1, 0.15) is 28.8 Å². The zero-order valence-corrected chi connectivity index (χ0v) is 19.3. The second-order valence-electron chi connectivity index (χ2n) is 8.96. The quantitative estimate of drug-likeness (QED) is 0.598. The van der Waals surface area contributed by atoms with E-state index in [0.717, 1.165) is 18.4 Å². The molecule has 0 bridgehead atoms. The second kappa shape index (κ2) is 9.43. The van der Waals surface area contributed by atoms with Gasteiger partial charge in [-0.2, -0.15) is 0 Å². The fourth-order valence-corrected chi connectivity index (χ4v) is 4.92. The summed E-state index contributed by atoms with van der Waals surface area (Å²) in [5.41, 5.74) is 1.80. The van der Waals surface area contributed by atoms with Crippen LogP contribution in [-0.2, 0) is 9.53 Å². The van der Waals surface area contributed by atoms with Crippen LogP contribution in [0.25, 0.3) is 22.3 Å². The van der Waals surface area contributed by atoms with Gasteiger partial charge in [-0.3, -0.25) is 14.4 Å². The Kier molecular flexibility index (Phi) is 6.20. The first-order valence-electron chi connectivity index (χ1n) is 11.8. The zero-order chi connectivity index (χ0) is 23.7. The second-order valence-corrected chi connectivity index (χ2v) is 8.96. The summed E-state index contributed by atoms with van der Waals surface area (Å²) in [6, 6.07) is 14.5. The minimum absolute atomic E-state index is 0.0900. The minimum atomic E-state index is -0.222. The number of benzene rings is 2. The largest absolute Gasteiger partial charge is 0.455 e. The number of hydrogen-bond donors (Lipinski definition) is 0. The van der Waals surface area contributed by atoms with Crippen LogP contribution in [0.5, 0.6) is 0 Å². The first kappa shape index (κ1) is 22.3. The summed E-state index contributed by atoms with van der Waals surface area (Å²) in [6.45, 7) is 4.99. The Labute approximate surface area is 197 Å². The zero-order valence-electron chi connectivity index (χ0n) is 19.3. The molecule has 2 fully saturated rings. The highest BCUT2D eigenvalue weighted by atomic mass is 16.5. The van der Waals surface area contributed by atoms with Crippen LogP contribution in [0.3, 0.4) is 0 Å². The molecule has 1 unspecified atom stereocenters. The summed E-state index contributed by atoms with van der Waals surface area (Å²) in [4.78, 5) is 43.4. The number of rotatable bonds is 3. The first-order valence-corrected chi connectivity index (χ1v) is 11.8. The third-order valence-corrected chi connectivity index (χ3v) is 6.79. The Morgan fingerprint density at radius 2 is 1.71 bits per heavy atom. The van der Waals surface area contributed by atoms with E-state index in [-0.39, 0.29) is 23.2 Å². The monoisotopic (exact) mass is 460 g/mol. The molecular weight excluding hydrogens is 432 g/mol. The molecule has 0 aliphatic carbocycles. The highest BCUT2D eigenvalue weighted by Crippen LogP contribution is 2.29. The number of nitrogens with zero attached hydrogens (tertiary/aromatic N) is 2. The maximum Gasteiger partial charge on any atom is 0.257 e. The lowest BCUT2D eigenvalue weighted by Crippen LogP contribution is -2.49. The van der Waals surface area contributed by atoms with Gasteiger partial charge in [0.15, 0.2) is 11.0 Å². The molecule has 2 amide bonds. The summed E-state index contributed by atoms with van der Waals surface area (Å²) >= 11 is 0. The summed E-state index contributed by atoms with van der Waals surface area (Å²) in [7, 11) is 0. The molecule has 0 spiro atoms. The number of fused-ring (bicyclic) bond motifs is 1. The van der Waals surface area contributed by atoms with E-state index in [4.69, 9.17) is 9.15 Å². The molecule has 2 aliphatic heterocycles. The Bertz CT molecular complexity index is 1280. The molecule has 3 aromatic rings. The Balaban J connectivity index is 1.47. The normalized spacial score (nSPS) is 18.8. The maximum atomic E-state index is 13.6. The number of piperidine rings is 1. The number of likely N-dealkylation sites (tertiary alicyclic amines) is 1. The first-order chi connectivity index (χ1) is 16.5. The van der Waals surface area contributed by atoms with E-state index in [9.17, 15) is 14.4 Å². The lowest BCUT2D eigenvalue weighted by molar-refractivity contribution is -0.141. The number of carbonyl (C=O) groups is 2. The number of para-hydroxylation sites is 1. The van der Waals surface area contributed by atoms with Gasteiger partial charge in [0.25, 0.3) is 5.91 Å². The fraction of sp³-hybridized carbons (Fsp3) is 0.370. The average molecular weight is 461 g/mol. The van der Waals surface area contributed by atoms with Gasteiger partial charge >= 0.3 is 0 Å². The third kappa shape index (κ3) is 4.12. The van der Waals surface area contributed by atoms with Crippen LogP contribution < -0.4 is 5.43 Å². The van der Waals surface area contributed by atoms with Crippen molar-refractivity contribution in [3.8, 4) is 11.3 Å². The molecule has 7 nitrogen and oxygen atoms in total. The number of morpholine rings is 1. The molecule has 5 rings (SSSR count). The summed E-state index contributed by atoms with van der Waals surface area (Å²) in [5, 5.41) is 0.390. The molecule has 1 atom stereocenters. The third-order valence-electron chi connectivity index (χ3n) is 6.79. The molecule has 2 saturated heterocycles. The van der Waals surface area contributed by atoms with Crippen LogP contribution in [-0.4, -0.2) is 61.0 Å². The van der Waals surface area contributed by atoms with E-state index in [1.807, 2.05) is 35.2 Å². The average Bonchev–Trinajstić information content (AvgIpc) is 2.90. The minimum Gasteiger partial charge on any atom is -0.455 e. The van der Waals surface area contributed by atoms with E-state index in [1.165, 1.54) is 0 Å². The van der Waals surface area contributed by atoms with Crippen LogP contribution >= 0.6 is 0 Å². The number of ether oxygens (including phenoxy) is 1. The number of hydrogen-bond acceptors (Lipinski definition) is 5. The van der Waals surface area contributed by atoms with Crippen LogP contribution in [0, 0.1) is 12.8 Å². The fourth-order valence-electron chi connectivity index (χ4n) is 4.92. The van der Waals surface area contributed by atoms with Gasteiger partial charge in [0, 0.05) is 37.3 Å². The molecule has 2 aromatic carbocycles. The van der Waals surface area contributed by atoms with Crippen molar-refractivity contribution in [2.45, 2.75) is 19.8 Å². The molecule has 1 aromatic heterocycles. The van der Waals surface area contributed by atoms with Crippen molar-refractivity contribution in [1.29, 1.82) is 0 Å². The van der Waals surface area contributed by atoms with Crippen molar-refractivity contribution < 1.29 is 18.7 Å². The summed E-state index contributed by atoms with van der Waals surface area (Å²) in [6.07, 6.45) is 1.53. The van der Waals surface area contributed by atoms with Gasteiger partial charge in [0.1, 0.15) is 5.76 Å². The van der Waals surface area contributed by atoms with Gasteiger partial charge < -0.3 is 19.0 Å². The molecule has 0 saturated carbocycles. The Morgan fingerprint density at radius 1 is 0.941 bits per heavy atom. The SMILES string of the molecule is Cc1c(-c2ccccc2)oc2c(C(=O)N3CCCC(C(=O)N4CCOCC4)C3)cccc2c1=O.